The van der Waals surface area contributed by atoms with Crippen molar-refractivity contribution in [3.63, 3.8) is 0 Å². The van der Waals surface area contributed by atoms with Crippen molar-refractivity contribution < 1.29 is 24.6 Å². The summed E-state index contributed by atoms with van der Waals surface area (Å²) in [5, 5.41) is 19.6. The molecular weight excluding hydrogens is 216 g/mol. The molecular formula is C9H14N2O5. The fourth-order valence-electron chi connectivity index (χ4n) is 1.26. The van der Waals surface area contributed by atoms with E-state index in [9.17, 15) is 14.4 Å². The van der Waals surface area contributed by atoms with Crippen LogP contribution in [0.5, 0.6) is 0 Å². The smallest absolute Gasteiger partial charge is 0.329 e. The second kappa shape index (κ2) is 4.48. The minimum absolute atomic E-state index is 0.00311. The lowest BCUT2D eigenvalue weighted by Gasteiger charge is -2.12. The maximum absolute atomic E-state index is 11.3. The molecule has 90 valence electrons. The molecule has 0 bridgehead atoms. The summed E-state index contributed by atoms with van der Waals surface area (Å²) >= 11 is 0. The molecule has 0 radical (unpaired) electrons. The molecule has 0 aromatic carbocycles. The van der Waals surface area contributed by atoms with Crippen molar-refractivity contribution >= 4 is 17.8 Å². The van der Waals surface area contributed by atoms with Crippen LogP contribution >= 0.6 is 0 Å². The molecule has 16 heavy (non-hydrogen) atoms. The lowest BCUT2D eigenvalue weighted by Crippen LogP contribution is -2.43. The number of rotatable bonds is 6. The zero-order valence-corrected chi connectivity index (χ0v) is 8.60. The maximum atomic E-state index is 11.3. The van der Waals surface area contributed by atoms with Gasteiger partial charge in [0.1, 0.15) is 11.6 Å². The number of nitrogens with two attached hydrogens (primary N) is 1. The zero-order valence-electron chi connectivity index (χ0n) is 8.60. The predicted molar refractivity (Wildman–Crippen MR) is 52.6 cm³/mol. The van der Waals surface area contributed by atoms with Crippen LogP contribution < -0.4 is 11.1 Å². The molecule has 7 heteroatoms. The predicted octanol–water partition coefficient (Wildman–Crippen LogP) is -1.09. The Morgan fingerprint density at radius 3 is 2.25 bits per heavy atom. The van der Waals surface area contributed by atoms with Crippen LogP contribution in [0.2, 0.25) is 0 Å². The van der Waals surface area contributed by atoms with E-state index in [-0.39, 0.29) is 12.8 Å². The summed E-state index contributed by atoms with van der Waals surface area (Å²) in [7, 11) is 0. The van der Waals surface area contributed by atoms with Gasteiger partial charge in [0.25, 0.3) is 0 Å². The topological polar surface area (TPSA) is 130 Å². The van der Waals surface area contributed by atoms with Gasteiger partial charge >= 0.3 is 11.9 Å². The first kappa shape index (κ1) is 12.4. The molecule has 0 aliphatic heterocycles. The van der Waals surface area contributed by atoms with E-state index in [1.54, 1.807) is 0 Å². The Bertz CT molecular complexity index is 324. The van der Waals surface area contributed by atoms with Gasteiger partial charge in [0.2, 0.25) is 5.91 Å². The van der Waals surface area contributed by atoms with Gasteiger partial charge in [-0.2, -0.15) is 0 Å². The van der Waals surface area contributed by atoms with E-state index in [2.05, 4.69) is 5.32 Å². The Balaban J connectivity index is 2.32. The van der Waals surface area contributed by atoms with Crippen LogP contribution in [0.25, 0.3) is 0 Å². The quantitative estimate of drug-likeness (QED) is 0.459. The number of nitrogens with one attached hydrogen (secondary N) is 1. The third kappa shape index (κ3) is 2.93. The van der Waals surface area contributed by atoms with Gasteiger partial charge in [-0.25, -0.2) is 4.79 Å². The highest BCUT2D eigenvalue weighted by Gasteiger charge is 2.51. The summed E-state index contributed by atoms with van der Waals surface area (Å²) in [6, 6.07) is -1.09. The molecule has 1 aliphatic carbocycles. The first-order valence-electron chi connectivity index (χ1n) is 4.90. The minimum atomic E-state index is -1.17. The average Bonchev–Trinajstić information content (AvgIpc) is 2.95. The average molecular weight is 230 g/mol. The molecule has 1 fully saturated rings. The van der Waals surface area contributed by atoms with Gasteiger partial charge in [-0.15, -0.1) is 0 Å². The van der Waals surface area contributed by atoms with Gasteiger partial charge in [-0.1, -0.05) is 0 Å². The first-order chi connectivity index (χ1) is 7.37. The summed E-state index contributed by atoms with van der Waals surface area (Å²) in [6.07, 6.45) is 0.747. The summed E-state index contributed by atoms with van der Waals surface area (Å²) in [6.45, 7) is 0. The minimum Gasteiger partial charge on any atom is -0.480 e. The van der Waals surface area contributed by atoms with Gasteiger partial charge in [0.15, 0.2) is 0 Å². The van der Waals surface area contributed by atoms with Crippen molar-refractivity contribution in [3.8, 4) is 0 Å². The van der Waals surface area contributed by atoms with Crippen LogP contribution in [0.1, 0.15) is 25.7 Å². The van der Waals surface area contributed by atoms with Crippen molar-refractivity contribution in [2.75, 3.05) is 0 Å². The number of hydrogen-bond acceptors (Lipinski definition) is 4. The van der Waals surface area contributed by atoms with E-state index in [0.29, 0.717) is 12.8 Å². The Morgan fingerprint density at radius 1 is 1.31 bits per heavy atom. The highest BCUT2D eigenvalue weighted by Crippen LogP contribution is 2.35. The lowest BCUT2D eigenvalue weighted by atomic mass is 10.1. The molecule has 0 aromatic rings. The number of carboxylic acids is 2. The molecule has 0 saturated heterocycles. The molecule has 0 aromatic heterocycles. The molecule has 5 N–H and O–H groups in total. The zero-order chi connectivity index (χ0) is 12.3. The SMILES string of the molecule is N[C@@H](CCC(=O)NC1(C(=O)O)CC1)C(=O)O. The van der Waals surface area contributed by atoms with Crippen LogP contribution in [0.3, 0.4) is 0 Å². The van der Waals surface area contributed by atoms with Gasteiger partial charge in [-0.05, 0) is 19.3 Å². The molecule has 1 atom stereocenters. The second-order valence-corrected chi connectivity index (χ2v) is 3.92. The summed E-state index contributed by atoms with van der Waals surface area (Å²) in [5.74, 6) is -2.70. The number of hydrogen-bond donors (Lipinski definition) is 4. The van der Waals surface area contributed by atoms with Crippen LogP contribution in [0, 0.1) is 0 Å². The van der Waals surface area contributed by atoms with Crippen molar-refractivity contribution in [1.29, 1.82) is 0 Å². The number of amides is 1. The van der Waals surface area contributed by atoms with Crippen molar-refractivity contribution in [3.05, 3.63) is 0 Å². The van der Waals surface area contributed by atoms with Gasteiger partial charge < -0.3 is 21.3 Å². The second-order valence-electron chi connectivity index (χ2n) is 3.92. The monoisotopic (exact) mass is 230 g/mol. The Kier molecular flexibility index (Phi) is 3.48. The van der Waals surface area contributed by atoms with Crippen molar-refractivity contribution in [2.45, 2.75) is 37.3 Å². The molecule has 1 aliphatic rings. The Morgan fingerprint density at radius 2 is 1.88 bits per heavy atom. The molecule has 1 amide bonds. The van der Waals surface area contributed by atoms with E-state index in [0.717, 1.165) is 0 Å². The fourth-order valence-corrected chi connectivity index (χ4v) is 1.26. The number of carbonyl (C=O) groups excluding carboxylic acids is 1. The molecule has 1 rings (SSSR count). The van der Waals surface area contributed by atoms with Crippen molar-refractivity contribution in [2.24, 2.45) is 5.73 Å². The van der Waals surface area contributed by atoms with E-state index < -0.39 is 29.4 Å². The highest BCUT2D eigenvalue weighted by atomic mass is 16.4. The molecule has 7 nitrogen and oxygen atoms in total. The van der Waals surface area contributed by atoms with Crippen LogP contribution in [0.15, 0.2) is 0 Å². The van der Waals surface area contributed by atoms with Crippen LogP contribution in [0.4, 0.5) is 0 Å². The van der Waals surface area contributed by atoms with E-state index in [4.69, 9.17) is 15.9 Å². The normalized spacial score (nSPS) is 18.6. The van der Waals surface area contributed by atoms with E-state index in [1.165, 1.54) is 0 Å². The number of carboxylic acid groups (broad SMARTS) is 2. The standard InChI is InChI=1S/C9H14N2O5/c10-5(7(13)14)1-2-6(12)11-9(3-4-9)8(15)16/h5H,1-4,10H2,(H,11,12)(H,13,14)(H,15,16)/t5-/m0/s1. The summed E-state index contributed by atoms with van der Waals surface area (Å²) < 4.78 is 0. The summed E-state index contributed by atoms with van der Waals surface area (Å²) in [4.78, 5) is 32.4. The molecule has 0 spiro atoms. The molecule has 0 heterocycles. The Labute approximate surface area is 91.6 Å². The molecule has 1 saturated carbocycles. The van der Waals surface area contributed by atoms with Crippen molar-refractivity contribution in [1.82, 2.24) is 5.32 Å². The van der Waals surface area contributed by atoms with Gasteiger partial charge in [-0.3, -0.25) is 9.59 Å². The third-order valence-electron chi connectivity index (χ3n) is 2.54. The largest absolute Gasteiger partial charge is 0.480 e. The fraction of sp³-hybridized carbons (Fsp3) is 0.667. The first-order valence-corrected chi connectivity index (χ1v) is 4.90. The van der Waals surface area contributed by atoms with Crippen LogP contribution in [-0.4, -0.2) is 39.6 Å². The summed E-state index contributed by atoms with van der Waals surface area (Å²) in [5.41, 5.74) is 4.09. The highest BCUT2D eigenvalue weighted by molar-refractivity contribution is 5.89. The number of aliphatic carboxylic acids is 2. The van der Waals surface area contributed by atoms with E-state index >= 15 is 0 Å². The number of carbonyl (C=O) groups is 3. The van der Waals surface area contributed by atoms with Crippen LogP contribution in [-0.2, 0) is 14.4 Å². The van der Waals surface area contributed by atoms with Gasteiger partial charge in [0.05, 0.1) is 0 Å². The Hall–Kier alpha value is -1.63. The molecule has 0 unspecified atom stereocenters. The third-order valence-corrected chi connectivity index (χ3v) is 2.54. The van der Waals surface area contributed by atoms with Gasteiger partial charge in [0, 0.05) is 6.42 Å². The van der Waals surface area contributed by atoms with E-state index in [1.807, 2.05) is 0 Å². The maximum Gasteiger partial charge on any atom is 0.329 e. The lowest BCUT2D eigenvalue weighted by molar-refractivity contribution is -0.143.